The molecular formula is C15H25FN4O. The number of methoxy groups -OCH3 is 1. The molecular weight excluding hydrogens is 271 g/mol. The molecule has 0 aliphatic heterocycles. The smallest absolute Gasteiger partial charge is 0.191 e. The van der Waals surface area contributed by atoms with Crippen molar-refractivity contribution < 1.29 is 9.13 Å². The normalized spacial score (nSPS) is 11.8. The number of guanidine groups is 1. The summed E-state index contributed by atoms with van der Waals surface area (Å²) in [5.41, 5.74) is 1.10. The molecule has 1 aromatic rings. The van der Waals surface area contributed by atoms with E-state index in [0.29, 0.717) is 6.61 Å². The minimum Gasteiger partial charge on any atom is -0.383 e. The van der Waals surface area contributed by atoms with Gasteiger partial charge in [0.1, 0.15) is 5.82 Å². The molecule has 0 spiro atoms. The third-order valence-corrected chi connectivity index (χ3v) is 2.97. The van der Waals surface area contributed by atoms with Crippen LogP contribution in [-0.4, -0.2) is 58.3 Å². The van der Waals surface area contributed by atoms with Gasteiger partial charge >= 0.3 is 0 Å². The molecule has 6 heteroatoms. The van der Waals surface area contributed by atoms with Crippen LogP contribution in [0.3, 0.4) is 0 Å². The molecule has 21 heavy (non-hydrogen) atoms. The van der Waals surface area contributed by atoms with Crippen molar-refractivity contribution in [1.29, 1.82) is 0 Å². The molecule has 0 amide bonds. The summed E-state index contributed by atoms with van der Waals surface area (Å²) < 4.78 is 17.8. The van der Waals surface area contributed by atoms with Gasteiger partial charge in [-0.1, -0.05) is 12.1 Å². The van der Waals surface area contributed by atoms with Gasteiger partial charge in [-0.25, -0.2) is 4.39 Å². The van der Waals surface area contributed by atoms with E-state index in [9.17, 15) is 4.39 Å². The van der Waals surface area contributed by atoms with E-state index in [2.05, 4.69) is 20.5 Å². The van der Waals surface area contributed by atoms with Gasteiger partial charge in [0.05, 0.1) is 6.61 Å². The number of aliphatic imine (C=N–C) groups is 1. The number of nitrogens with one attached hydrogen (secondary N) is 2. The molecule has 0 unspecified atom stereocenters. The summed E-state index contributed by atoms with van der Waals surface area (Å²) in [5, 5.41) is 6.39. The lowest BCUT2D eigenvalue weighted by Gasteiger charge is -2.18. The molecule has 0 aliphatic carbocycles. The predicted octanol–water partition coefficient (Wildman–Crippen LogP) is 1.07. The number of hydrogen-bond donors (Lipinski definition) is 2. The summed E-state index contributed by atoms with van der Waals surface area (Å²) in [6.07, 6.45) is 0. The van der Waals surface area contributed by atoms with Gasteiger partial charge in [-0.2, -0.15) is 0 Å². The fourth-order valence-electron chi connectivity index (χ4n) is 1.84. The Hall–Kier alpha value is -1.66. The Labute approximate surface area is 126 Å². The van der Waals surface area contributed by atoms with Gasteiger partial charge in [0.25, 0.3) is 0 Å². The zero-order valence-electron chi connectivity index (χ0n) is 13.0. The first-order valence-corrected chi connectivity index (χ1v) is 7.02. The number of benzene rings is 1. The summed E-state index contributed by atoms with van der Waals surface area (Å²) in [4.78, 5) is 6.30. The van der Waals surface area contributed by atoms with Crippen molar-refractivity contribution in [3.63, 3.8) is 0 Å². The van der Waals surface area contributed by atoms with Crippen molar-refractivity contribution in [3.05, 3.63) is 35.6 Å². The quantitative estimate of drug-likeness (QED) is 0.428. The van der Waals surface area contributed by atoms with E-state index < -0.39 is 0 Å². The topological polar surface area (TPSA) is 48.9 Å². The van der Waals surface area contributed by atoms with Crippen molar-refractivity contribution in [2.24, 2.45) is 4.99 Å². The summed E-state index contributed by atoms with van der Waals surface area (Å²) in [6, 6.07) is 6.60. The van der Waals surface area contributed by atoms with Gasteiger partial charge in [0.15, 0.2) is 5.96 Å². The molecule has 0 radical (unpaired) electrons. The fraction of sp³-hybridized carbons (Fsp3) is 0.533. The second-order valence-electron chi connectivity index (χ2n) is 4.78. The third kappa shape index (κ3) is 7.63. The largest absolute Gasteiger partial charge is 0.383 e. The number of hydrogen-bond acceptors (Lipinski definition) is 3. The highest BCUT2D eigenvalue weighted by atomic mass is 19.1. The van der Waals surface area contributed by atoms with Crippen LogP contribution in [0, 0.1) is 5.82 Å². The monoisotopic (exact) mass is 296 g/mol. The fourth-order valence-corrected chi connectivity index (χ4v) is 1.84. The molecule has 0 aliphatic rings. The van der Waals surface area contributed by atoms with Crippen LogP contribution in [0.5, 0.6) is 0 Å². The number of nitrogens with zero attached hydrogens (tertiary/aromatic N) is 2. The highest BCUT2D eigenvalue weighted by molar-refractivity contribution is 5.79. The minimum atomic E-state index is -0.200. The average molecular weight is 296 g/mol. The van der Waals surface area contributed by atoms with Gasteiger partial charge in [-0.15, -0.1) is 0 Å². The van der Waals surface area contributed by atoms with E-state index in [4.69, 9.17) is 4.74 Å². The van der Waals surface area contributed by atoms with Gasteiger partial charge in [-0.05, 0) is 24.7 Å². The zero-order chi connectivity index (χ0) is 15.5. The van der Waals surface area contributed by atoms with Crippen LogP contribution in [0.1, 0.15) is 5.56 Å². The van der Waals surface area contributed by atoms with Crippen LogP contribution in [0.4, 0.5) is 4.39 Å². The summed E-state index contributed by atoms with van der Waals surface area (Å²) >= 11 is 0. The van der Waals surface area contributed by atoms with Gasteiger partial charge < -0.3 is 20.3 Å². The van der Waals surface area contributed by atoms with Crippen molar-refractivity contribution in [2.45, 2.75) is 6.54 Å². The maximum absolute atomic E-state index is 12.8. The third-order valence-electron chi connectivity index (χ3n) is 2.97. The second kappa shape index (κ2) is 10.1. The lowest BCUT2D eigenvalue weighted by Crippen LogP contribution is -2.41. The van der Waals surface area contributed by atoms with Gasteiger partial charge in [0, 0.05) is 40.3 Å². The molecule has 1 rings (SSSR count). The van der Waals surface area contributed by atoms with Crippen molar-refractivity contribution >= 4 is 5.96 Å². The molecule has 0 bridgehead atoms. The Kier molecular flexibility index (Phi) is 8.38. The van der Waals surface area contributed by atoms with E-state index in [0.717, 1.165) is 37.7 Å². The van der Waals surface area contributed by atoms with Gasteiger partial charge in [0.2, 0.25) is 0 Å². The number of ether oxygens (including phenoxy) is 1. The molecule has 0 fully saturated rings. The first-order valence-electron chi connectivity index (χ1n) is 7.02. The average Bonchev–Trinajstić information content (AvgIpc) is 2.48. The van der Waals surface area contributed by atoms with Crippen molar-refractivity contribution in [1.82, 2.24) is 15.5 Å². The van der Waals surface area contributed by atoms with Crippen LogP contribution >= 0.6 is 0 Å². The van der Waals surface area contributed by atoms with E-state index in [1.807, 2.05) is 19.2 Å². The Bertz CT molecular complexity index is 422. The molecule has 0 heterocycles. The molecule has 5 nitrogen and oxygen atoms in total. The predicted molar refractivity (Wildman–Crippen MR) is 84.0 cm³/mol. The lowest BCUT2D eigenvalue weighted by molar-refractivity contribution is 0.203. The van der Waals surface area contributed by atoms with Crippen molar-refractivity contribution in [2.75, 3.05) is 47.4 Å². The van der Waals surface area contributed by atoms with Crippen LogP contribution in [0.25, 0.3) is 0 Å². The Morgan fingerprint density at radius 1 is 1.24 bits per heavy atom. The molecule has 0 saturated heterocycles. The Morgan fingerprint density at radius 2 is 1.90 bits per heavy atom. The van der Waals surface area contributed by atoms with Crippen LogP contribution in [0.2, 0.25) is 0 Å². The first-order chi connectivity index (χ1) is 10.2. The van der Waals surface area contributed by atoms with Crippen LogP contribution in [0.15, 0.2) is 29.3 Å². The molecule has 0 saturated carbocycles. The SMILES string of the molecule is CN=C(NCCOC)NCCN(C)Cc1ccc(F)cc1. The van der Waals surface area contributed by atoms with E-state index >= 15 is 0 Å². The maximum atomic E-state index is 12.8. The Morgan fingerprint density at radius 3 is 2.52 bits per heavy atom. The van der Waals surface area contributed by atoms with E-state index in [1.54, 1.807) is 14.2 Å². The zero-order valence-corrected chi connectivity index (χ0v) is 13.0. The minimum absolute atomic E-state index is 0.200. The molecule has 2 N–H and O–H groups in total. The maximum Gasteiger partial charge on any atom is 0.191 e. The Balaban J connectivity index is 2.23. The second-order valence-corrected chi connectivity index (χ2v) is 4.78. The molecule has 0 atom stereocenters. The molecule has 0 aromatic heterocycles. The molecule has 118 valence electrons. The van der Waals surface area contributed by atoms with Crippen molar-refractivity contribution in [3.8, 4) is 0 Å². The number of halogens is 1. The highest BCUT2D eigenvalue weighted by Crippen LogP contribution is 2.04. The molecule has 1 aromatic carbocycles. The van der Waals surface area contributed by atoms with E-state index in [1.165, 1.54) is 12.1 Å². The summed E-state index contributed by atoms with van der Waals surface area (Å²) in [5.74, 6) is 0.566. The standard InChI is InChI=1S/C15H25FN4O/c1-17-15(19-9-11-21-3)18-8-10-20(2)12-13-4-6-14(16)7-5-13/h4-7H,8-12H2,1-3H3,(H2,17,18,19). The van der Waals surface area contributed by atoms with Crippen LogP contribution in [-0.2, 0) is 11.3 Å². The number of likely N-dealkylation sites (N-methyl/N-ethyl adjacent to an activating group) is 1. The lowest BCUT2D eigenvalue weighted by atomic mass is 10.2. The summed E-state index contributed by atoms with van der Waals surface area (Å²) in [6.45, 7) is 3.80. The highest BCUT2D eigenvalue weighted by Gasteiger charge is 2.02. The van der Waals surface area contributed by atoms with Gasteiger partial charge in [-0.3, -0.25) is 4.99 Å². The number of rotatable bonds is 8. The van der Waals surface area contributed by atoms with Crippen LogP contribution < -0.4 is 10.6 Å². The first kappa shape index (κ1) is 17.4. The summed E-state index contributed by atoms with van der Waals surface area (Å²) in [7, 11) is 5.44. The van der Waals surface area contributed by atoms with E-state index in [-0.39, 0.29) is 5.82 Å².